The van der Waals surface area contributed by atoms with Gasteiger partial charge in [0.05, 0.1) is 19.6 Å². The number of rotatable bonds is 6. The molecular weight excluding hydrogens is 394 g/mol. The number of benzene rings is 1. The molecule has 1 N–H and O–H groups in total. The number of nitrogens with zero attached hydrogens (tertiary/aromatic N) is 2. The van der Waals surface area contributed by atoms with E-state index in [9.17, 15) is 14.4 Å². The molecule has 1 unspecified atom stereocenters. The maximum absolute atomic E-state index is 13.2. The second kappa shape index (κ2) is 13.8. The smallest absolute Gasteiger partial charge is 0.305 e. The second-order valence-electron chi connectivity index (χ2n) is 7.99. The van der Waals surface area contributed by atoms with Crippen molar-refractivity contribution >= 4 is 17.8 Å². The molecule has 172 valence electrons. The van der Waals surface area contributed by atoms with Gasteiger partial charge >= 0.3 is 5.97 Å². The second-order valence-corrected chi connectivity index (χ2v) is 7.99. The third-order valence-electron chi connectivity index (χ3n) is 5.80. The van der Waals surface area contributed by atoms with E-state index in [-0.39, 0.29) is 43.1 Å². The summed E-state index contributed by atoms with van der Waals surface area (Å²) in [6, 6.07) is 9.45. The molecule has 0 radical (unpaired) electrons. The van der Waals surface area contributed by atoms with Crippen molar-refractivity contribution in [2.24, 2.45) is 0 Å². The SMILES string of the molecule is CCN1CCCCN(C(=O)CCCC(=O)OC)C(c2ccccc2)CC(=O)NCCC1. The molecule has 1 aromatic carbocycles. The third kappa shape index (κ3) is 8.69. The summed E-state index contributed by atoms with van der Waals surface area (Å²) < 4.78 is 4.69. The number of carbonyl (C=O) groups is 3. The van der Waals surface area contributed by atoms with Gasteiger partial charge in [-0.3, -0.25) is 14.4 Å². The minimum Gasteiger partial charge on any atom is -0.469 e. The highest BCUT2D eigenvalue weighted by Gasteiger charge is 2.27. The average Bonchev–Trinajstić information content (AvgIpc) is 2.80. The maximum atomic E-state index is 13.2. The van der Waals surface area contributed by atoms with Crippen molar-refractivity contribution in [3.8, 4) is 0 Å². The molecule has 0 spiro atoms. The molecule has 1 saturated heterocycles. The molecule has 7 nitrogen and oxygen atoms in total. The molecule has 1 aliphatic rings. The van der Waals surface area contributed by atoms with Gasteiger partial charge < -0.3 is 19.9 Å². The predicted molar refractivity (Wildman–Crippen MR) is 120 cm³/mol. The lowest BCUT2D eigenvalue weighted by Crippen LogP contribution is -2.39. The van der Waals surface area contributed by atoms with Gasteiger partial charge in [0.2, 0.25) is 11.8 Å². The summed E-state index contributed by atoms with van der Waals surface area (Å²) in [5, 5.41) is 3.03. The Bertz CT molecular complexity index is 695. The lowest BCUT2D eigenvalue weighted by Gasteiger charge is -2.32. The Labute approximate surface area is 186 Å². The number of hydrogen-bond donors (Lipinski definition) is 1. The summed E-state index contributed by atoms with van der Waals surface area (Å²) in [4.78, 5) is 41.6. The Morgan fingerprint density at radius 2 is 1.77 bits per heavy atom. The molecule has 2 amide bonds. The summed E-state index contributed by atoms with van der Waals surface area (Å²) in [5.74, 6) is -0.368. The molecule has 0 bridgehead atoms. The van der Waals surface area contributed by atoms with Crippen LogP contribution in [0.3, 0.4) is 0 Å². The van der Waals surface area contributed by atoms with Gasteiger partial charge in [-0.15, -0.1) is 0 Å². The molecule has 0 aromatic heterocycles. The number of ether oxygens (including phenoxy) is 1. The van der Waals surface area contributed by atoms with Crippen LogP contribution in [0.25, 0.3) is 0 Å². The van der Waals surface area contributed by atoms with Crippen LogP contribution >= 0.6 is 0 Å². The largest absolute Gasteiger partial charge is 0.469 e. The normalized spacial score (nSPS) is 19.5. The minimum atomic E-state index is -0.310. The Kier molecular flexibility index (Phi) is 11.1. The molecule has 1 aromatic rings. The Morgan fingerprint density at radius 1 is 1.06 bits per heavy atom. The molecule has 1 heterocycles. The zero-order valence-corrected chi connectivity index (χ0v) is 19.0. The van der Waals surface area contributed by atoms with Gasteiger partial charge in [0.25, 0.3) is 0 Å². The molecule has 31 heavy (non-hydrogen) atoms. The number of nitrogens with one attached hydrogen (secondary N) is 1. The summed E-state index contributed by atoms with van der Waals surface area (Å²) in [7, 11) is 1.35. The quantitative estimate of drug-likeness (QED) is 0.701. The van der Waals surface area contributed by atoms with Crippen LogP contribution in [0.4, 0.5) is 0 Å². The van der Waals surface area contributed by atoms with Crippen molar-refractivity contribution in [3.63, 3.8) is 0 Å². The molecule has 1 atom stereocenters. The first-order valence-electron chi connectivity index (χ1n) is 11.5. The topological polar surface area (TPSA) is 79.0 Å². The number of carbonyl (C=O) groups excluding carboxylic acids is 3. The molecule has 1 aliphatic heterocycles. The van der Waals surface area contributed by atoms with E-state index in [0.29, 0.717) is 19.5 Å². The van der Waals surface area contributed by atoms with Crippen molar-refractivity contribution in [2.75, 3.05) is 39.8 Å². The van der Waals surface area contributed by atoms with Crippen molar-refractivity contribution < 1.29 is 19.1 Å². The maximum Gasteiger partial charge on any atom is 0.305 e. The van der Waals surface area contributed by atoms with E-state index in [1.54, 1.807) is 0 Å². The fourth-order valence-electron chi connectivity index (χ4n) is 3.99. The van der Waals surface area contributed by atoms with Gasteiger partial charge in [-0.2, -0.15) is 0 Å². The van der Waals surface area contributed by atoms with Crippen molar-refractivity contribution in [1.29, 1.82) is 0 Å². The summed E-state index contributed by atoms with van der Waals surface area (Å²) >= 11 is 0. The number of methoxy groups -OCH3 is 1. The van der Waals surface area contributed by atoms with Gasteiger partial charge in [0.1, 0.15) is 0 Å². The van der Waals surface area contributed by atoms with Crippen LogP contribution in [0.5, 0.6) is 0 Å². The minimum absolute atomic E-state index is 0.0206. The van der Waals surface area contributed by atoms with E-state index in [2.05, 4.69) is 21.9 Å². The van der Waals surface area contributed by atoms with E-state index >= 15 is 0 Å². The zero-order valence-electron chi connectivity index (χ0n) is 19.0. The van der Waals surface area contributed by atoms with Crippen LogP contribution in [-0.4, -0.2) is 67.4 Å². The fourth-order valence-corrected chi connectivity index (χ4v) is 3.99. The molecule has 7 heteroatoms. The first-order valence-corrected chi connectivity index (χ1v) is 11.5. The van der Waals surface area contributed by atoms with Gasteiger partial charge in [0, 0.05) is 25.9 Å². The van der Waals surface area contributed by atoms with Crippen LogP contribution in [0, 0.1) is 0 Å². The third-order valence-corrected chi connectivity index (χ3v) is 5.80. The lowest BCUT2D eigenvalue weighted by molar-refractivity contribution is -0.141. The van der Waals surface area contributed by atoms with E-state index < -0.39 is 0 Å². The van der Waals surface area contributed by atoms with E-state index in [1.165, 1.54) is 7.11 Å². The average molecular weight is 432 g/mol. The van der Waals surface area contributed by atoms with Gasteiger partial charge in [-0.25, -0.2) is 0 Å². The van der Waals surface area contributed by atoms with E-state index in [4.69, 9.17) is 0 Å². The van der Waals surface area contributed by atoms with Crippen molar-refractivity contribution in [3.05, 3.63) is 35.9 Å². The predicted octanol–water partition coefficient (Wildman–Crippen LogP) is 2.91. The summed E-state index contributed by atoms with van der Waals surface area (Å²) in [6.07, 6.45) is 3.97. The van der Waals surface area contributed by atoms with Crippen molar-refractivity contribution in [1.82, 2.24) is 15.1 Å². The Morgan fingerprint density at radius 3 is 2.48 bits per heavy atom. The lowest BCUT2D eigenvalue weighted by atomic mass is 10.00. The first-order chi connectivity index (χ1) is 15.0. The van der Waals surface area contributed by atoms with Gasteiger partial charge in [-0.1, -0.05) is 37.3 Å². The monoisotopic (exact) mass is 431 g/mol. The number of hydrogen-bond acceptors (Lipinski definition) is 5. The van der Waals surface area contributed by atoms with Crippen LogP contribution in [-0.2, 0) is 19.1 Å². The van der Waals surface area contributed by atoms with E-state index in [1.807, 2.05) is 35.2 Å². The van der Waals surface area contributed by atoms with Gasteiger partial charge in [0.15, 0.2) is 0 Å². The Balaban J connectivity index is 2.20. The van der Waals surface area contributed by atoms with Crippen LogP contribution in [0.1, 0.15) is 63.5 Å². The number of esters is 1. The molecule has 0 saturated carbocycles. The Hall–Kier alpha value is -2.41. The molecular formula is C24H37N3O4. The number of amides is 2. The highest BCUT2D eigenvalue weighted by atomic mass is 16.5. The van der Waals surface area contributed by atoms with Crippen molar-refractivity contribution in [2.45, 2.75) is 57.9 Å². The standard InChI is InChI=1S/C24H37N3O4/c1-3-26-16-7-8-18-27(23(29)13-9-14-24(30)31-2)21(20-11-5-4-6-12-20)19-22(28)25-15-10-17-26/h4-6,11-12,21H,3,7-10,13-19H2,1-2H3,(H,25,28). The zero-order chi connectivity index (χ0) is 22.5. The van der Waals surface area contributed by atoms with Crippen LogP contribution < -0.4 is 5.32 Å². The molecule has 0 aliphatic carbocycles. The highest BCUT2D eigenvalue weighted by molar-refractivity contribution is 5.80. The first kappa shape index (κ1) is 24.9. The summed E-state index contributed by atoms with van der Waals surface area (Å²) in [6.45, 7) is 6.33. The highest BCUT2D eigenvalue weighted by Crippen LogP contribution is 2.26. The van der Waals surface area contributed by atoms with Crippen LogP contribution in [0.15, 0.2) is 30.3 Å². The molecule has 1 fully saturated rings. The van der Waals surface area contributed by atoms with E-state index in [0.717, 1.165) is 44.5 Å². The fraction of sp³-hybridized carbons (Fsp3) is 0.625. The molecule has 2 rings (SSSR count). The summed E-state index contributed by atoms with van der Waals surface area (Å²) in [5.41, 5.74) is 0.962. The van der Waals surface area contributed by atoms with Gasteiger partial charge in [-0.05, 0) is 50.9 Å². The van der Waals surface area contributed by atoms with Crippen LogP contribution in [0.2, 0.25) is 0 Å².